The number of carbonyl (C=O) groups excluding carboxylic acids is 1. The van der Waals surface area contributed by atoms with Gasteiger partial charge in [-0.05, 0) is 41.1 Å². The molecule has 0 aliphatic carbocycles. The van der Waals surface area contributed by atoms with Crippen molar-refractivity contribution in [2.45, 2.75) is 50.9 Å². The summed E-state index contributed by atoms with van der Waals surface area (Å²) >= 11 is 1.66. The van der Waals surface area contributed by atoms with Crippen molar-refractivity contribution in [1.29, 1.82) is 0 Å². The first kappa shape index (κ1) is 24.3. The number of hydrogen-bond acceptors (Lipinski definition) is 8. The molecule has 0 unspecified atom stereocenters. The van der Waals surface area contributed by atoms with E-state index < -0.39 is 0 Å². The number of rotatable bonds is 14. The van der Waals surface area contributed by atoms with Crippen LogP contribution in [-0.2, 0) is 14.3 Å². The molecule has 0 atom stereocenters. The highest BCUT2D eigenvalue weighted by Crippen LogP contribution is 2.34. The van der Waals surface area contributed by atoms with E-state index in [0.29, 0.717) is 26.4 Å². The van der Waals surface area contributed by atoms with Crippen molar-refractivity contribution in [1.82, 2.24) is 20.2 Å². The first-order chi connectivity index (χ1) is 14.3. The molecule has 0 saturated carbocycles. The normalized spacial score (nSPS) is 11.8. The largest absolute Gasteiger partial charge is 0.491 e. The second kappa shape index (κ2) is 12.0. The Morgan fingerprint density at radius 3 is 2.43 bits per heavy atom. The fraction of sp³-hybridized carbons (Fsp3) is 0.619. The number of aromatic nitrogens is 4. The third-order valence-corrected chi connectivity index (χ3v) is 5.78. The minimum atomic E-state index is 0.0000509. The van der Waals surface area contributed by atoms with Crippen molar-refractivity contribution in [3.05, 3.63) is 24.3 Å². The molecule has 0 saturated heterocycles. The Bertz CT molecular complexity index is 778. The minimum absolute atomic E-state index is 0.0000509. The molecule has 1 aromatic carbocycles. The molecule has 0 bridgehead atoms. The molecule has 0 amide bonds. The molecule has 8 nitrogen and oxygen atoms in total. The zero-order chi connectivity index (χ0) is 22.0. The molecule has 1 heterocycles. The molecule has 0 aliphatic rings. The molecule has 2 rings (SSSR count). The molecule has 1 aromatic heterocycles. The number of ketones is 1. The highest BCUT2D eigenvalue weighted by atomic mass is 32.2. The van der Waals surface area contributed by atoms with E-state index in [0.717, 1.165) is 23.0 Å². The summed E-state index contributed by atoms with van der Waals surface area (Å²) in [4.78, 5) is 11.4. The van der Waals surface area contributed by atoms with Gasteiger partial charge >= 0.3 is 0 Å². The van der Waals surface area contributed by atoms with E-state index in [1.165, 1.54) is 0 Å². The quantitative estimate of drug-likeness (QED) is 0.328. The third kappa shape index (κ3) is 8.04. The van der Waals surface area contributed by atoms with Crippen molar-refractivity contribution in [3.63, 3.8) is 0 Å². The fourth-order valence-electron chi connectivity index (χ4n) is 2.19. The molecule has 0 radical (unpaired) electrons. The van der Waals surface area contributed by atoms with Crippen LogP contribution in [0.15, 0.2) is 29.4 Å². The minimum Gasteiger partial charge on any atom is -0.491 e. The van der Waals surface area contributed by atoms with Gasteiger partial charge < -0.3 is 14.2 Å². The van der Waals surface area contributed by atoms with E-state index in [-0.39, 0.29) is 23.1 Å². The smallest absolute Gasteiger partial charge is 0.214 e. The number of carbonyl (C=O) groups is 1. The average Bonchev–Trinajstić information content (AvgIpc) is 3.17. The number of thioether (sulfide) groups is 1. The first-order valence-electron chi connectivity index (χ1n) is 10.2. The summed E-state index contributed by atoms with van der Waals surface area (Å²) in [6.45, 7) is 12.1. The molecule has 0 aliphatic heterocycles. The topological polar surface area (TPSA) is 88.4 Å². The SMILES string of the molecule is CCC(C)(C)Sc1nnnn1-c1ccc(OCCOCCOCC(=O)C(C)C)cc1. The lowest BCUT2D eigenvalue weighted by Crippen LogP contribution is -2.17. The van der Waals surface area contributed by atoms with E-state index >= 15 is 0 Å². The predicted molar refractivity (Wildman–Crippen MR) is 116 cm³/mol. The first-order valence-corrected chi connectivity index (χ1v) is 11.0. The van der Waals surface area contributed by atoms with Gasteiger partial charge in [0.1, 0.15) is 19.0 Å². The Morgan fingerprint density at radius 2 is 1.77 bits per heavy atom. The van der Waals surface area contributed by atoms with Gasteiger partial charge in [0.15, 0.2) is 5.78 Å². The van der Waals surface area contributed by atoms with Gasteiger partial charge in [-0.1, -0.05) is 46.4 Å². The maximum atomic E-state index is 11.4. The summed E-state index contributed by atoms with van der Waals surface area (Å²) in [6, 6.07) is 7.62. The second-order valence-corrected chi connectivity index (χ2v) is 9.39. The standard InChI is InChI=1S/C21H32N4O4S/c1-6-21(4,5)30-20-22-23-24-25(20)17-7-9-18(10-8-17)29-14-13-27-11-12-28-15-19(26)16(2)3/h7-10,16H,6,11-15H2,1-5H3. The highest BCUT2D eigenvalue weighted by molar-refractivity contribution is 8.00. The van der Waals surface area contributed by atoms with Crippen molar-refractivity contribution in [2.24, 2.45) is 5.92 Å². The zero-order valence-corrected chi connectivity index (χ0v) is 19.3. The molecule has 166 valence electrons. The van der Waals surface area contributed by atoms with Gasteiger partial charge in [-0.2, -0.15) is 4.68 Å². The van der Waals surface area contributed by atoms with Crippen LogP contribution in [0.3, 0.4) is 0 Å². The number of hydrogen-bond donors (Lipinski definition) is 0. The number of Topliss-reactive ketones (excluding diaryl/α,β-unsaturated/α-hetero) is 1. The molecular weight excluding hydrogens is 404 g/mol. The molecule has 0 N–H and O–H groups in total. The Balaban J connectivity index is 1.71. The Morgan fingerprint density at radius 1 is 1.10 bits per heavy atom. The van der Waals surface area contributed by atoms with Gasteiger partial charge in [0.25, 0.3) is 0 Å². The second-order valence-electron chi connectivity index (χ2n) is 7.72. The monoisotopic (exact) mass is 436 g/mol. The lowest BCUT2D eigenvalue weighted by Gasteiger charge is -2.20. The average molecular weight is 437 g/mol. The summed E-state index contributed by atoms with van der Waals surface area (Å²) in [5.41, 5.74) is 0.881. The van der Waals surface area contributed by atoms with E-state index in [1.807, 2.05) is 38.1 Å². The zero-order valence-electron chi connectivity index (χ0n) is 18.5. The van der Waals surface area contributed by atoms with Gasteiger partial charge in [0.2, 0.25) is 5.16 Å². The van der Waals surface area contributed by atoms with Gasteiger partial charge in [-0.3, -0.25) is 4.79 Å². The van der Waals surface area contributed by atoms with Gasteiger partial charge in [0, 0.05) is 10.7 Å². The maximum absolute atomic E-state index is 11.4. The number of ether oxygens (including phenoxy) is 3. The number of tetrazole rings is 1. The van der Waals surface area contributed by atoms with Crippen LogP contribution in [-0.4, -0.2) is 63.8 Å². The summed E-state index contributed by atoms with van der Waals surface area (Å²) in [6.07, 6.45) is 1.02. The Kier molecular flexibility index (Phi) is 9.74. The van der Waals surface area contributed by atoms with Crippen LogP contribution in [0.5, 0.6) is 5.75 Å². The fourth-order valence-corrected chi connectivity index (χ4v) is 3.13. The van der Waals surface area contributed by atoms with Crippen LogP contribution in [0.1, 0.15) is 41.0 Å². The summed E-state index contributed by atoms with van der Waals surface area (Å²) in [5, 5.41) is 12.8. The van der Waals surface area contributed by atoms with Crippen molar-refractivity contribution in [2.75, 3.05) is 33.0 Å². The summed E-state index contributed by atoms with van der Waals surface area (Å²) in [7, 11) is 0. The molecule has 30 heavy (non-hydrogen) atoms. The molecular formula is C21H32N4O4S. The highest BCUT2D eigenvalue weighted by Gasteiger charge is 2.21. The third-order valence-electron chi connectivity index (χ3n) is 4.50. The van der Waals surface area contributed by atoms with E-state index in [1.54, 1.807) is 16.4 Å². The lowest BCUT2D eigenvalue weighted by atomic mass is 10.1. The summed E-state index contributed by atoms with van der Waals surface area (Å²) < 4.78 is 18.2. The number of nitrogens with zero attached hydrogens (tertiary/aromatic N) is 4. The van der Waals surface area contributed by atoms with Crippen molar-refractivity contribution < 1.29 is 19.0 Å². The van der Waals surface area contributed by atoms with Crippen LogP contribution < -0.4 is 4.74 Å². The number of benzene rings is 1. The van der Waals surface area contributed by atoms with Crippen LogP contribution in [0, 0.1) is 5.92 Å². The van der Waals surface area contributed by atoms with Crippen LogP contribution in [0.25, 0.3) is 5.69 Å². The lowest BCUT2D eigenvalue weighted by molar-refractivity contribution is -0.127. The van der Waals surface area contributed by atoms with Gasteiger partial charge in [-0.15, -0.1) is 5.10 Å². The van der Waals surface area contributed by atoms with E-state index in [9.17, 15) is 4.79 Å². The van der Waals surface area contributed by atoms with Crippen molar-refractivity contribution in [3.8, 4) is 11.4 Å². The Labute approximate surface area is 182 Å². The maximum Gasteiger partial charge on any atom is 0.214 e. The van der Waals surface area contributed by atoms with Crippen LogP contribution in [0.4, 0.5) is 0 Å². The van der Waals surface area contributed by atoms with E-state index in [2.05, 4.69) is 36.3 Å². The summed E-state index contributed by atoms with van der Waals surface area (Å²) in [5.74, 6) is 0.848. The molecule has 9 heteroatoms. The Hall–Kier alpha value is -1.97. The predicted octanol–water partition coefficient (Wildman–Crippen LogP) is 3.58. The van der Waals surface area contributed by atoms with Gasteiger partial charge in [0.05, 0.1) is 25.5 Å². The molecule has 0 fully saturated rings. The van der Waals surface area contributed by atoms with Crippen LogP contribution >= 0.6 is 11.8 Å². The van der Waals surface area contributed by atoms with Crippen molar-refractivity contribution >= 4 is 17.5 Å². The molecule has 0 spiro atoms. The van der Waals surface area contributed by atoms with Gasteiger partial charge in [-0.25, -0.2) is 0 Å². The van der Waals surface area contributed by atoms with Crippen LogP contribution in [0.2, 0.25) is 0 Å². The van der Waals surface area contributed by atoms with E-state index in [4.69, 9.17) is 14.2 Å². The molecule has 2 aromatic rings.